The smallest absolute Gasteiger partial charge is 0.231 e. The van der Waals surface area contributed by atoms with Crippen LogP contribution in [0.5, 0.6) is 5.75 Å². The van der Waals surface area contributed by atoms with Crippen LogP contribution in [0.1, 0.15) is 19.3 Å². The highest BCUT2D eigenvalue weighted by atomic mass is 16.5. The third-order valence-corrected chi connectivity index (χ3v) is 3.43. The summed E-state index contributed by atoms with van der Waals surface area (Å²) in [5.74, 6) is 1.49. The number of amides is 1. The summed E-state index contributed by atoms with van der Waals surface area (Å²) >= 11 is 0. The van der Waals surface area contributed by atoms with Crippen LogP contribution < -0.4 is 9.64 Å². The fourth-order valence-corrected chi connectivity index (χ4v) is 2.23. The Morgan fingerprint density at radius 1 is 1.42 bits per heavy atom. The maximum absolute atomic E-state index is 12.4. The Hall–Kier alpha value is -1.62. The molecule has 1 saturated heterocycles. The molecule has 1 fully saturated rings. The number of hydrogen-bond donors (Lipinski definition) is 0. The molecule has 1 atom stereocenters. The molecular formula is C14H20N2O3. The van der Waals surface area contributed by atoms with Crippen LogP contribution >= 0.6 is 0 Å². The van der Waals surface area contributed by atoms with E-state index in [0.717, 1.165) is 25.9 Å². The lowest BCUT2D eigenvalue weighted by atomic mass is 9.99. The number of ether oxygens (including phenoxy) is 2. The highest BCUT2D eigenvalue weighted by Gasteiger charge is 2.24. The van der Waals surface area contributed by atoms with Crippen molar-refractivity contribution in [1.82, 2.24) is 4.98 Å². The van der Waals surface area contributed by atoms with Crippen molar-refractivity contribution in [2.75, 3.05) is 32.3 Å². The largest absolute Gasteiger partial charge is 0.495 e. The number of methoxy groups -OCH3 is 1. The van der Waals surface area contributed by atoms with Crippen LogP contribution in [0.3, 0.4) is 0 Å². The van der Waals surface area contributed by atoms with Gasteiger partial charge in [-0.3, -0.25) is 9.69 Å². The van der Waals surface area contributed by atoms with Crippen molar-refractivity contribution in [2.45, 2.75) is 19.3 Å². The zero-order valence-electron chi connectivity index (χ0n) is 11.5. The third-order valence-electron chi connectivity index (χ3n) is 3.43. The summed E-state index contributed by atoms with van der Waals surface area (Å²) in [7, 11) is 3.36. The summed E-state index contributed by atoms with van der Waals surface area (Å²) in [5, 5.41) is 0. The molecule has 19 heavy (non-hydrogen) atoms. The van der Waals surface area contributed by atoms with E-state index in [9.17, 15) is 4.79 Å². The van der Waals surface area contributed by atoms with Crippen molar-refractivity contribution >= 4 is 11.7 Å². The average molecular weight is 264 g/mol. The number of pyridine rings is 1. The van der Waals surface area contributed by atoms with Gasteiger partial charge in [0.15, 0.2) is 0 Å². The molecule has 1 aromatic rings. The highest BCUT2D eigenvalue weighted by Crippen LogP contribution is 2.21. The first kappa shape index (κ1) is 13.8. The molecule has 1 unspecified atom stereocenters. The van der Waals surface area contributed by atoms with Gasteiger partial charge in [-0.15, -0.1) is 0 Å². The number of nitrogens with zero attached hydrogens (tertiary/aromatic N) is 2. The Bertz CT molecular complexity index is 411. The monoisotopic (exact) mass is 264 g/mol. The van der Waals surface area contributed by atoms with Crippen molar-refractivity contribution in [3.8, 4) is 5.75 Å². The maximum Gasteiger partial charge on any atom is 0.231 e. The van der Waals surface area contributed by atoms with Crippen LogP contribution in [0.15, 0.2) is 18.3 Å². The summed E-state index contributed by atoms with van der Waals surface area (Å²) in [5.41, 5.74) is 0. The summed E-state index contributed by atoms with van der Waals surface area (Å²) in [6, 6.07) is 3.60. The number of aromatic nitrogens is 1. The van der Waals surface area contributed by atoms with Crippen LogP contribution in [0.4, 0.5) is 5.82 Å². The second-order valence-electron chi connectivity index (χ2n) is 4.69. The van der Waals surface area contributed by atoms with Gasteiger partial charge in [0.25, 0.3) is 0 Å². The second-order valence-corrected chi connectivity index (χ2v) is 4.69. The molecule has 1 amide bonds. The van der Waals surface area contributed by atoms with Gasteiger partial charge in [-0.25, -0.2) is 4.98 Å². The lowest BCUT2D eigenvalue weighted by molar-refractivity contribution is -0.122. The van der Waals surface area contributed by atoms with Crippen molar-refractivity contribution in [3.63, 3.8) is 0 Å². The Kier molecular flexibility index (Phi) is 4.74. The van der Waals surface area contributed by atoms with Crippen molar-refractivity contribution in [3.05, 3.63) is 18.3 Å². The van der Waals surface area contributed by atoms with Crippen molar-refractivity contribution in [2.24, 2.45) is 5.92 Å². The molecule has 0 bridgehead atoms. The van der Waals surface area contributed by atoms with Gasteiger partial charge in [-0.1, -0.05) is 0 Å². The van der Waals surface area contributed by atoms with E-state index in [1.165, 1.54) is 0 Å². The fourth-order valence-electron chi connectivity index (χ4n) is 2.23. The number of carbonyl (C=O) groups excluding carboxylic acids is 1. The fraction of sp³-hybridized carbons (Fsp3) is 0.571. The van der Waals surface area contributed by atoms with E-state index in [0.29, 0.717) is 18.2 Å². The van der Waals surface area contributed by atoms with Gasteiger partial charge in [-0.05, 0) is 31.4 Å². The standard InChI is InChI=1S/C14H20N2O3/c1-16(13-6-5-12(18-2)10-15-13)14(17)11-4-3-8-19-9-7-11/h5-6,10-11H,3-4,7-9H2,1-2H3. The van der Waals surface area contributed by atoms with E-state index in [2.05, 4.69) is 4.98 Å². The summed E-state index contributed by atoms with van der Waals surface area (Å²) in [6.45, 7) is 1.43. The SMILES string of the molecule is COc1ccc(N(C)C(=O)C2CCCOCC2)nc1. The molecule has 1 aliphatic heterocycles. The molecule has 5 heteroatoms. The van der Waals surface area contributed by atoms with Gasteiger partial charge in [0.1, 0.15) is 11.6 Å². The molecule has 1 aliphatic rings. The minimum absolute atomic E-state index is 0.0383. The molecule has 0 spiro atoms. The first-order chi connectivity index (χ1) is 9.22. The van der Waals surface area contributed by atoms with Crippen LogP contribution in [-0.2, 0) is 9.53 Å². The Morgan fingerprint density at radius 3 is 2.95 bits per heavy atom. The molecule has 1 aromatic heterocycles. The predicted molar refractivity (Wildman–Crippen MR) is 72.4 cm³/mol. The molecule has 0 aliphatic carbocycles. The summed E-state index contributed by atoms with van der Waals surface area (Å²) in [4.78, 5) is 18.3. The zero-order valence-corrected chi connectivity index (χ0v) is 11.5. The first-order valence-electron chi connectivity index (χ1n) is 6.57. The van der Waals surface area contributed by atoms with E-state index < -0.39 is 0 Å². The van der Waals surface area contributed by atoms with Gasteiger partial charge < -0.3 is 9.47 Å². The zero-order chi connectivity index (χ0) is 13.7. The summed E-state index contributed by atoms with van der Waals surface area (Å²) in [6.07, 6.45) is 4.24. The van der Waals surface area contributed by atoms with Gasteiger partial charge >= 0.3 is 0 Å². The Morgan fingerprint density at radius 2 is 2.26 bits per heavy atom. The van der Waals surface area contributed by atoms with Gasteiger partial charge in [-0.2, -0.15) is 0 Å². The van der Waals surface area contributed by atoms with E-state index in [-0.39, 0.29) is 11.8 Å². The van der Waals surface area contributed by atoms with Gasteiger partial charge in [0, 0.05) is 26.2 Å². The number of rotatable bonds is 3. The normalized spacial score (nSPS) is 19.6. The molecule has 2 rings (SSSR count). The Labute approximate surface area is 113 Å². The molecule has 2 heterocycles. The molecule has 0 saturated carbocycles. The van der Waals surface area contributed by atoms with Crippen LogP contribution in [-0.4, -0.2) is 38.3 Å². The summed E-state index contributed by atoms with van der Waals surface area (Å²) < 4.78 is 10.4. The molecule has 5 nitrogen and oxygen atoms in total. The quantitative estimate of drug-likeness (QED) is 0.836. The number of hydrogen-bond acceptors (Lipinski definition) is 4. The third kappa shape index (κ3) is 3.44. The maximum atomic E-state index is 12.4. The molecule has 104 valence electrons. The van der Waals surface area contributed by atoms with Crippen molar-refractivity contribution < 1.29 is 14.3 Å². The minimum Gasteiger partial charge on any atom is -0.495 e. The highest BCUT2D eigenvalue weighted by molar-refractivity contribution is 5.93. The molecule has 0 radical (unpaired) electrons. The van der Waals surface area contributed by atoms with E-state index in [1.54, 1.807) is 31.3 Å². The molecule has 0 aromatic carbocycles. The Balaban J connectivity index is 2.04. The number of anilines is 1. The minimum atomic E-state index is 0.0383. The van der Waals surface area contributed by atoms with Gasteiger partial charge in [0.2, 0.25) is 5.91 Å². The number of carbonyl (C=O) groups is 1. The van der Waals surface area contributed by atoms with E-state index in [4.69, 9.17) is 9.47 Å². The van der Waals surface area contributed by atoms with Crippen LogP contribution in [0, 0.1) is 5.92 Å². The second kappa shape index (κ2) is 6.52. The molecular weight excluding hydrogens is 244 g/mol. The van der Waals surface area contributed by atoms with Crippen molar-refractivity contribution in [1.29, 1.82) is 0 Å². The molecule has 0 N–H and O–H groups in total. The lowest BCUT2D eigenvalue weighted by Crippen LogP contribution is -2.33. The predicted octanol–water partition coefficient (Wildman–Crippen LogP) is 1.87. The average Bonchev–Trinajstić information content (AvgIpc) is 2.75. The van der Waals surface area contributed by atoms with Gasteiger partial charge in [0.05, 0.1) is 13.3 Å². The lowest BCUT2D eigenvalue weighted by Gasteiger charge is -2.21. The first-order valence-corrected chi connectivity index (χ1v) is 6.57. The van der Waals surface area contributed by atoms with Crippen LogP contribution in [0.2, 0.25) is 0 Å². The van der Waals surface area contributed by atoms with E-state index >= 15 is 0 Å². The van der Waals surface area contributed by atoms with E-state index in [1.807, 2.05) is 6.07 Å². The van der Waals surface area contributed by atoms with Crippen LogP contribution in [0.25, 0.3) is 0 Å². The topological polar surface area (TPSA) is 51.7 Å².